The fourth-order valence-electron chi connectivity index (χ4n) is 5.74. The lowest BCUT2D eigenvalue weighted by molar-refractivity contribution is -0.139. The van der Waals surface area contributed by atoms with Crippen molar-refractivity contribution < 1.29 is 28.7 Å². The third-order valence-electron chi connectivity index (χ3n) is 8.47. The summed E-state index contributed by atoms with van der Waals surface area (Å²) in [6, 6.07) is 5.55. The van der Waals surface area contributed by atoms with Gasteiger partial charge in [-0.15, -0.1) is 0 Å². The zero-order chi connectivity index (χ0) is 33.3. The topological polar surface area (TPSA) is 166 Å². The lowest BCUT2D eigenvalue weighted by Crippen LogP contribution is -2.54. The summed E-state index contributed by atoms with van der Waals surface area (Å²) in [6.45, 7) is 13.4. The summed E-state index contributed by atoms with van der Waals surface area (Å²) in [5.74, 6) is 0.562. The molecule has 2 aliphatic rings. The Balaban J connectivity index is 1.51. The fraction of sp³-hybridized carbons (Fsp3) is 0.667. The first-order chi connectivity index (χ1) is 21.1. The number of ether oxygens (including phenoxy) is 2. The summed E-state index contributed by atoms with van der Waals surface area (Å²) in [4.78, 5) is 53.6. The Bertz CT molecular complexity index is 1190. The molecule has 2 saturated heterocycles. The van der Waals surface area contributed by atoms with Gasteiger partial charge < -0.3 is 41.1 Å². The normalized spacial score (nSPS) is 18.7. The van der Waals surface area contributed by atoms with Crippen LogP contribution in [0.4, 0.5) is 9.59 Å². The molecule has 0 radical (unpaired) electrons. The predicted octanol–water partition coefficient (Wildman–Crippen LogP) is 4.05. The highest BCUT2D eigenvalue weighted by Gasteiger charge is 2.37. The molecular weight excluding hydrogens is 576 g/mol. The number of carbonyl (C=O) groups is 4. The number of hydrogen-bond donors (Lipinski definition) is 3. The van der Waals surface area contributed by atoms with E-state index in [1.54, 1.807) is 25.7 Å². The number of nitrogens with zero attached hydrogens (tertiary/aromatic N) is 3. The van der Waals surface area contributed by atoms with Crippen LogP contribution in [0.3, 0.4) is 0 Å². The van der Waals surface area contributed by atoms with Crippen LogP contribution in [-0.4, -0.2) is 83.5 Å². The molecule has 45 heavy (non-hydrogen) atoms. The van der Waals surface area contributed by atoms with Gasteiger partial charge in [0.05, 0.1) is 6.61 Å². The van der Waals surface area contributed by atoms with Crippen LogP contribution in [-0.2, 0) is 20.7 Å². The van der Waals surface area contributed by atoms with Crippen molar-refractivity contribution in [3.8, 4) is 5.75 Å². The van der Waals surface area contributed by atoms with E-state index in [2.05, 4.69) is 17.6 Å². The van der Waals surface area contributed by atoms with E-state index in [-0.39, 0.29) is 30.1 Å². The number of nitrogens with one attached hydrogen (secondary N) is 2. The maximum absolute atomic E-state index is 13.5. The summed E-state index contributed by atoms with van der Waals surface area (Å²) in [6.07, 6.45) is 3.35. The number of carbonyl (C=O) groups excluding carboxylic acids is 4. The van der Waals surface area contributed by atoms with E-state index < -0.39 is 29.7 Å². The Kier molecular flexibility index (Phi) is 12.6. The molecule has 0 saturated carbocycles. The number of nitrogens with two attached hydrogens (primary N) is 1. The zero-order valence-electron chi connectivity index (χ0n) is 27.6. The van der Waals surface area contributed by atoms with Crippen LogP contribution in [0.1, 0.15) is 79.2 Å². The number of amidine groups is 1. The largest absolute Gasteiger partial charge is 0.494 e. The Labute approximate surface area is 267 Å². The van der Waals surface area contributed by atoms with Crippen molar-refractivity contribution in [2.45, 2.75) is 97.8 Å². The van der Waals surface area contributed by atoms with Gasteiger partial charge in [-0.25, -0.2) is 4.79 Å². The van der Waals surface area contributed by atoms with Gasteiger partial charge in [-0.05, 0) is 88.3 Å². The number of benzene rings is 1. The van der Waals surface area contributed by atoms with Crippen LogP contribution in [0, 0.1) is 17.8 Å². The van der Waals surface area contributed by atoms with E-state index >= 15 is 0 Å². The minimum Gasteiger partial charge on any atom is -0.494 e. The number of amides is 5. The Hall–Kier alpha value is -3.83. The molecule has 1 aromatic rings. The Morgan fingerprint density at radius 1 is 1.02 bits per heavy atom. The van der Waals surface area contributed by atoms with Gasteiger partial charge in [0, 0.05) is 26.1 Å². The third-order valence-corrected chi connectivity index (χ3v) is 8.47. The molecule has 4 N–H and O–H groups in total. The number of alkyl carbamates (subject to hydrolysis) is 1. The second-order valence-corrected chi connectivity index (χ2v) is 13.5. The van der Waals surface area contributed by atoms with Gasteiger partial charge in [-0.3, -0.25) is 14.4 Å². The number of rotatable bonds is 11. The van der Waals surface area contributed by atoms with E-state index in [1.165, 1.54) is 4.90 Å². The first-order valence-electron chi connectivity index (χ1n) is 16.1. The molecule has 3 atom stereocenters. The van der Waals surface area contributed by atoms with Crippen LogP contribution in [0.25, 0.3) is 5.41 Å². The molecule has 0 aromatic heterocycles. The highest BCUT2D eigenvalue weighted by molar-refractivity contribution is 6.00. The van der Waals surface area contributed by atoms with Crippen LogP contribution in [0.5, 0.6) is 5.75 Å². The van der Waals surface area contributed by atoms with E-state index in [0.29, 0.717) is 56.7 Å². The highest BCUT2D eigenvalue weighted by Crippen LogP contribution is 2.28. The zero-order valence-corrected chi connectivity index (χ0v) is 27.6. The fourth-order valence-corrected chi connectivity index (χ4v) is 5.74. The Morgan fingerprint density at radius 3 is 2.24 bits per heavy atom. The van der Waals surface area contributed by atoms with Crippen molar-refractivity contribution >= 4 is 29.8 Å². The van der Waals surface area contributed by atoms with Crippen molar-refractivity contribution in [2.75, 3.05) is 26.2 Å². The van der Waals surface area contributed by atoms with Gasteiger partial charge >= 0.3 is 6.09 Å². The summed E-state index contributed by atoms with van der Waals surface area (Å²) < 4.78 is 11.4. The lowest BCUT2D eigenvalue weighted by atomic mass is 9.84. The molecule has 250 valence electrons. The van der Waals surface area contributed by atoms with Crippen molar-refractivity contribution in [1.29, 1.82) is 0 Å². The molecular formula is C33H51N6O6-. The molecule has 12 heteroatoms. The standard InChI is InChI=1S/C33H51N6O6/c1-21(2)28(34)37-31(42)38-17-13-24(14-18-38)22(3)15-19-44-25-11-9-23(10-12-25)20-26(36-32(43)45-33(4,5)6)30(41)39-16-7-8-27(39)29(35)40/h9-12,21-22,24,26-27H,7-8,13-20H2,1-6H3,(H4-,34,35,36,37,40,42,43)/q-1/t22-,26+,27+/m1/s1. The maximum atomic E-state index is 13.5. The van der Waals surface area contributed by atoms with Gasteiger partial charge in [0.2, 0.25) is 17.8 Å². The smallest absolute Gasteiger partial charge is 0.408 e. The van der Waals surface area contributed by atoms with Crippen molar-refractivity contribution in [1.82, 2.24) is 20.4 Å². The molecule has 0 aliphatic carbocycles. The number of likely N-dealkylation sites (tertiary alicyclic amines) is 2. The molecule has 12 nitrogen and oxygen atoms in total. The van der Waals surface area contributed by atoms with Crippen LogP contribution >= 0.6 is 0 Å². The first kappa shape index (κ1) is 35.6. The van der Waals surface area contributed by atoms with E-state index in [1.807, 2.05) is 38.1 Å². The van der Waals surface area contributed by atoms with Crippen LogP contribution in [0.15, 0.2) is 24.3 Å². The van der Waals surface area contributed by atoms with Gasteiger partial charge in [0.1, 0.15) is 23.4 Å². The average Bonchev–Trinajstić information content (AvgIpc) is 3.47. The molecule has 1 aromatic carbocycles. The lowest BCUT2D eigenvalue weighted by Gasteiger charge is -2.37. The van der Waals surface area contributed by atoms with E-state index in [0.717, 1.165) is 24.8 Å². The molecule has 0 spiro atoms. The van der Waals surface area contributed by atoms with Gasteiger partial charge in [0.15, 0.2) is 0 Å². The van der Waals surface area contributed by atoms with Crippen LogP contribution in [0.2, 0.25) is 0 Å². The molecule has 5 amide bonds. The maximum Gasteiger partial charge on any atom is 0.408 e. The van der Waals surface area contributed by atoms with Crippen molar-refractivity contribution in [3.63, 3.8) is 0 Å². The summed E-state index contributed by atoms with van der Waals surface area (Å²) in [7, 11) is 0. The second kappa shape index (κ2) is 15.9. The predicted molar refractivity (Wildman–Crippen MR) is 173 cm³/mol. The molecule has 2 heterocycles. The summed E-state index contributed by atoms with van der Waals surface area (Å²) in [5, 5.41) is 15.1. The first-order valence-corrected chi connectivity index (χ1v) is 16.1. The highest BCUT2D eigenvalue weighted by atomic mass is 16.6. The number of piperidine rings is 1. The Morgan fingerprint density at radius 2 is 1.67 bits per heavy atom. The monoisotopic (exact) mass is 627 g/mol. The molecule has 0 unspecified atom stereocenters. The second-order valence-electron chi connectivity index (χ2n) is 13.5. The number of hydrogen-bond acceptors (Lipinski definition) is 6. The van der Waals surface area contributed by atoms with E-state index in [4.69, 9.17) is 15.2 Å². The molecule has 0 bridgehead atoms. The van der Waals surface area contributed by atoms with Gasteiger partial charge in [-0.2, -0.15) is 0 Å². The van der Waals surface area contributed by atoms with Crippen molar-refractivity contribution in [3.05, 3.63) is 35.2 Å². The summed E-state index contributed by atoms with van der Waals surface area (Å²) in [5.41, 5.74) is 5.62. The van der Waals surface area contributed by atoms with E-state index in [9.17, 15) is 24.6 Å². The third kappa shape index (κ3) is 10.9. The number of urea groups is 1. The SMILES string of the molecule is CC(C)C(=[N-])NC(=O)N1CCC([C@H](C)CCOc2ccc(C[C@H](NC(=O)OC(C)(C)C)C(=O)N3CCC[C@H]3C(N)=O)cc2)CC1. The quantitative estimate of drug-likeness (QED) is 0.247. The van der Waals surface area contributed by atoms with Gasteiger partial charge in [0.25, 0.3) is 0 Å². The van der Waals surface area contributed by atoms with Gasteiger partial charge in [-0.1, -0.05) is 38.7 Å². The molecule has 3 rings (SSSR count). The van der Waals surface area contributed by atoms with Crippen molar-refractivity contribution in [2.24, 2.45) is 23.5 Å². The average molecular weight is 628 g/mol. The minimum absolute atomic E-state index is 0.00753. The minimum atomic E-state index is -0.927. The number of primary amides is 1. The molecule has 2 aliphatic heterocycles. The molecule has 2 fully saturated rings. The van der Waals surface area contributed by atoms with Crippen LogP contribution < -0.4 is 21.1 Å². The summed E-state index contributed by atoms with van der Waals surface area (Å²) >= 11 is 0.